The highest BCUT2D eigenvalue weighted by molar-refractivity contribution is 6.28. The Hall–Kier alpha value is -1.81. The first kappa shape index (κ1) is 13.6. The summed E-state index contributed by atoms with van der Waals surface area (Å²) < 4.78 is 0. The number of nitrogens with two attached hydrogens (primary N) is 1. The number of hydrogen-bond acceptors (Lipinski definition) is 4. The molecule has 0 aliphatic carbocycles. The summed E-state index contributed by atoms with van der Waals surface area (Å²) >= 11 is 5.84. The Labute approximate surface area is 118 Å². The lowest BCUT2D eigenvalue weighted by Crippen LogP contribution is -2.13. The summed E-state index contributed by atoms with van der Waals surface area (Å²) in [4.78, 5) is 8.13. The van der Waals surface area contributed by atoms with Crippen molar-refractivity contribution < 1.29 is 0 Å². The molecule has 2 rings (SSSR count). The van der Waals surface area contributed by atoms with Gasteiger partial charge in [-0.3, -0.25) is 0 Å². The Balaban J connectivity index is 2.07. The van der Waals surface area contributed by atoms with Crippen LogP contribution in [0.4, 0.5) is 11.5 Å². The van der Waals surface area contributed by atoms with Crippen molar-refractivity contribution in [3.05, 3.63) is 46.9 Å². The van der Waals surface area contributed by atoms with E-state index in [4.69, 9.17) is 17.3 Å². The number of aryl methyl sites for hydroxylation is 1. The summed E-state index contributed by atoms with van der Waals surface area (Å²) in [5, 5.41) is 3.44. The van der Waals surface area contributed by atoms with Gasteiger partial charge in [0.25, 0.3) is 0 Å². The van der Waals surface area contributed by atoms with E-state index >= 15 is 0 Å². The number of rotatable bonds is 4. The predicted octanol–water partition coefficient (Wildman–Crippen LogP) is 3.24. The maximum Gasteiger partial charge on any atom is 0.224 e. The number of aromatic nitrogens is 2. The van der Waals surface area contributed by atoms with Crippen LogP contribution in [0, 0.1) is 6.92 Å². The van der Waals surface area contributed by atoms with Crippen molar-refractivity contribution in [2.24, 2.45) is 0 Å². The molecule has 1 heterocycles. The highest BCUT2D eigenvalue weighted by Crippen LogP contribution is 2.22. The monoisotopic (exact) mass is 276 g/mol. The van der Waals surface area contributed by atoms with E-state index in [0.717, 1.165) is 6.54 Å². The molecule has 0 saturated carbocycles. The van der Waals surface area contributed by atoms with Gasteiger partial charge in [-0.25, -0.2) is 4.98 Å². The molecule has 19 heavy (non-hydrogen) atoms. The number of nitrogens with one attached hydrogen (secondary N) is 1. The molecular formula is C14H17ClN4. The number of benzene rings is 1. The lowest BCUT2D eigenvalue weighted by atomic mass is 10.0. The van der Waals surface area contributed by atoms with Crippen molar-refractivity contribution in [1.29, 1.82) is 0 Å². The predicted molar refractivity (Wildman–Crippen MR) is 79.5 cm³/mol. The fourth-order valence-electron chi connectivity index (χ4n) is 1.83. The second-order valence-electron chi connectivity index (χ2n) is 4.53. The normalized spacial score (nSPS) is 12.2. The first-order chi connectivity index (χ1) is 9.08. The summed E-state index contributed by atoms with van der Waals surface area (Å²) in [5.74, 6) is 0.954. The van der Waals surface area contributed by atoms with E-state index in [0.29, 0.717) is 23.1 Å². The fourth-order valence-corrected chi connectivity index (χ4v) is 2.04. The molecule has 0 aliphatic heterocycles. The van der Waals surface area contributed by atoms with Gasteiger partial charge < -0.3 is 11.1 Å². The molecule has 0 bridgehead atoms. The molecule has 3 N–H and O–H groups in total. The largest absolute Gasteiger partial charge is 0.394 e. The minimum atomic E-state index is 0.210. The average Bonchev–Trinajstić information content (AvgIpc) is 2.41. The fraction of sp³-hybridized carbons (Fsp3) is 0.286. The van der Waals surface area contributed by atoms with Crippen LogP contribution in [-0.4, -0.2) is 16.5 Å². The molecule has 2 aromatic rings. The van der Waals surface area contributed by atoms with Crippen molar-refractivity contribution in [1.82, 2.24) is 9.97 Å². The van der Waals surface area contributed by atoms with Gasteiger partial charge in [0.2, 0.25) is 5.28 Å². The number of nitrogens with zero attached hydrogens (tertiary/aromatic N) is 2. The Morgan fingerprint density at radius 2 is 1.95 bits per heavy atom. The molecule has 1 unspecified atom stereocenters. The van der Waals surface area contributed by atoms with Gasteiger partial charge in [-0.05, 0) is 30.0 Å². The van der Waals surface area contributed by atoms with E-state index in [2.05, 4.69) is 34.3 Å². The molecule has 0 radical (unpaired) electrons. The maximum absolute atomic E-state index is 5.93. The molecule has 0 fully saturated rings. The Morgan fingerprint density at radius 1 is 1.26 bits per heavy atom. The van der Waals surface area contributed by atoms with Gasteiger partial charge in [0.15, 0.2) is 5.82 Å². The summed E-state index contributed by atoms with van der Waals surface area (Å²) in [7, 11) is 0. The Bertz CT molecular complexity index is 557. The zero-order valence-corrected chi connectivity index (χ0v) is 11.8. The molecule has 0 spiro atoms. The minimum Gasteiger partial charge on any atom is -0.394 e. The van der Waals surface area contributed by atoms with Crippen LogP contribution < -0.4 is 11.1 Å². The molecule has 1 aromatic carbocycles. The third-order valence-corrected chi connectivity index (χ3v) is 3.22. The SMILES string of the molecule is Cc1nc(Cl)nc(NCC(C)c2ccccc2)c1N. The number of anilines is 2. The van der Waals surface area contributed by atoms with Crippen LogP contribution in [0.1, 0.15) is 24.1 Å². The first-order valence-electron chi connectivity index (χ1n) is 6.16. The quantitative estimate of drug-likeness (QED) is 0.842. The zero-order chi connectivity index (χ0) is 13.8. The standard InChI is InChI=1S/C14H17ClN4/c1-9(11-6-4-3-5-7-11)8-17-13-12(16)10(2)18-14(15)19-13/h3-7,9H,8,16H2,1-2H3,(H,17,18,19). The van der Waals surface area contributed by atoms with Crippen LogP contribution >= 0.6 is 11.6 Å². The Kier molecular flexibility index (Phi) is 4.22. The highest BCUT2D eigenvalue weighted by Gasteiger charge is 2.10. The molecule has 0 aliphatic rings. The summed E-state index contributed by atoms with van der Waals surface area (Å²) in [6, 6.07) is 10.3. The highest BCUT2D eigenvalue weighted by atomic mass is 35.5. The average molecular weight is 277 g/mol. The molecule has 1 aromatic heterocycles. The Morgan fingerprint density at radius 3 is 2.63 bits per heavy atom. The summed E-state index contributed by atoms with van der Waals surface area (Å²) in [5.41, 5.74) is 8.43. The van der Waals surface area contributed by atoms with Crippen LogP contribution in [0.5, 0.6) is 0 Å². The smallest absolute Gasteiger partial charge is 0.224 e. The minimum absolute atomic E-state index is 0.210. The van der Waals surface area contributed by atoms with Crippen molar-refractivity contribution in [3.8, 4) is 0 Å². The van der Waals surface area contributed by atoms with E-state index in [1.54, 1.807) is 0 Å². The van der Waals surface area contributed by atoms with Gasteiger partial charge >= 0.3 is 0 Å². The maximum atomic E-state index is 5.93. The second kappa shape index (κ2) is 5.89. The van der Waals surface area contributed by atoms with E-state index < -0.39 is 0 Å². The van der Waals surface area contributed by atoms with E-state index in [-0.39, 0.29) is 5.28 Å². The molecule has 0 saturated heterocycles. The van der Waals surface area contributed by atoms with Crippen LogP contribution in [0.2, 0.25) is 5.28 Å². The van der Waals surface area contributed by atoms with Crippen molar-refractivity contribution in [2.45, 2.75) is 19.8 Å². The van der Waals surface area contributed by atoms with Crippen molar-refractivity contribution in [2.75, 3.05) is 17.6 Å². The van der Waals surface area contributed by atoms with Gasteiger partial charge in [-0.15, -0.1) is 0 Å². The third kappa shape index (κ3) is 3.35. The second-order valence-corrected chi connectivity index (χ2v) is 4.87. The van der Waals surface area contributed by atoms with Gasteiger partial charge in [-0.1, -0.05) is 37.3 Å². The van der Waals surface area contributed by atoms with Gasteiger partial charge in [-0.2, -0.15) is 4.98 Å². The van der Waals surface area contributed by atoms with Crippen molar-refractivity contribution in [3.63, 3.8) is 0 Å². The third-order valence-electron chi connectivity index (χ3n) is 3.05. The number of hydrogen-bond donors (Lipinski definition) is 2. The molecule has 4 nitrogen and oxygen atoms in total. The van der Waals surface area contributed by atoms with Gasteiger partial charge in [0.1, 0.15) is 0 Å². The zero-order valence-electron chi connectivity index (χ0n) is 11.0. The molecule has 5 heteroatoms. The number of halogens is 1. The van der Waals surface area contributed by atoms with Crippen LogP contribution in [0.15, 0.2) is 30.3 Å². The van der Waals surface area contributed by atoms with Crippen LogP contribution in [-0.2, 0) is 0 Å². The molecular weight excluding hydrogens is 260 g/mol. The molecule has 0 amide bonds. The topological polar surface area (TPSA) is 63.8 Å². The summed E-state index contributed by atoms with van der Waals surface area (Å²) in [6.45, 7) is 4.70. The van der Waals surface area contributed by atoms with Crippen molar-refractivity contribution >= 4 is 23.1 Å². The summed E-state index contributed by atoms with van der Waals surface area (Å²) in [6.07, 6.45) is 0. The van der Waals surface area contributed by atoms with Gasteiger partial charge in [0, 0.05) is 6.54 Å². The molecule has 100 valence electrons. The van der Waals surface area contributed by atoms with E-state index in [9.17, 15) is 0 Å². The lowest BCUT2D eigenvalue weighted by molar-refractivity contribution is 0.801. The van der Waals surface area contributed by atoms with Crippen LogP contribution in [0.25, 0.3) is 0 Å². The number of nitrogen functional groups attached to an aromatic ring is 1. The van der Waals surface area contributed by atoms with E-state index in [1.165, 1.54) is 5.56 Å². The van der Waals surface area contributed by atoms with Gasteiger partial charge in [0.05, 0.1) is 11.4 Å². The molecule has 1 atom stereocenters. The lowest BCUT2D eigenvalue weighted by Gasteiger charge is -2.15. The first-order valence-corrected chi connectivity index (χ1v) is 6.54. The van der Waals surface area contributed by atoms with Crippen LogP contribution in [0.3, 0.4) is 0 Å². The van der Waals surface area contributed by atoms with E-state index in [1.807, 2.05) is 25.1 Å².